The van der Waals surface area contributed by atoms with E-state index in [-0.39, 0.29) is 11.3 Å². The molecule has 0 saturated carbocycles. The van der Waals surface area contributed by atoms with Crippen molar-refractivity contribution in [3.8, 4) is 0 Å². The highest BCUT2D eigenvalue weighted by Gasteiger charge is 2.26. The van der Waals surface area contributed by atoms with Crippen molar-refractivity contribution in [1.29, 1.82) is 0 Å². The van der Waals surface area contributed by atoms with Crippen LogP contribution in [0.3, 0.4) is 0 Å². The molecule has 1 unspecified atom stereocenters. The number of carbonyl (C=O) groups is 1. The van der Waals surface area contributed by atoms with Gasteiger partial charge in [0.05, 0.1) is 5.56 Å². The number of hydrogen-bond donors (Lipinski definition) is 1. The molecule has 0 amide bonds. The number of anilines is 1. The minimum atomic E-state index is -1.33. The van der Waals surface area contributed by atoms with Crippen molar-refractivity contribution in [2.75, 3.05) is 18.0 Å². The van der Waals surface area contributed by atoms with E-state index >= 15 is 0 Å². The maximum absolute atomic E-state index is 13.8. The van der Waals surface area contributed by atoms with Crippen molar-refractivity contribution >= 4 is 11.7 Å². The molecule has 0 aliphatic carbocycles. The average Bonchev–Trinajstić information content (AvgIpc) is 2.76. The van der Waals surface area contributed by atoms with Crippen LogP contribution in [0, 0.1) is 17.6 Å². The Morgan fingerprint density at radius 2 is 2.06 bits per heavy atom. The van der Waals surface area contributed by atoms with Gasteiger partial charge in [-0.1, -0.05) is 13.3 Å². The van der Waals surface area contributed by atoms with Crippen molar-refractivity contribution < 1.29 is 18.7 Å². The van der Waals surface area contributed by atoms with Gasteiger partial charge in [-0.2, -0.15) is 0 Å². The predicted molar refractivity (Wildman–Crippen MR) is 63.9 cm³/mol. The Hall–Kier alpha value is -1.65. The summed E-state index contributed by atoms with van der Waals surface area (Å²) >= 11 is 0. The molecule has 0 bridgehead atoms. The summed E-state index contributed by atoms with van der Waals surface area (Å²) in [5, 5.41) is 8.72. The maximum atomic E-state index is 13.8. The Labute approximate surface area is 104 Å². The Balaban J connectivity index is 2.32. The van der Waals surface area contributed by atoms with Crippen molar-refractivity contribution in [2.24, 2.45) is 5.92 Å². The Bertz CT molecular complexity index is 453. The van der Waals surface area contributed by atoms with E-state index in [2.05, 4.69) is 6.92 Å². The van der Waals surface area contributed by atoms with Crippen LogP contribution in [0.5, 0.6) is 0 Å². The molecule has 1 fully saturated rings. The molecule has 1 aliphatic rings. The van der Waals surface area contributed by atoms with Crippen molar-refractivity contribution in [3.63, 3.8) is 0 Å². The molecule has 0 aromatic heterocycles. The molecule has 1 aromatic carbocycles. The maximum Gasteiger partial charge on any atom is 0.335 e. The van der Waals surface area contributed by atoms with Crippen molar-refractivity contribution in [3.05, 3.63) is 29.3 Å². The zero-order valence-electron chi connectivity index (χ0n) is 10.1. The molecule has 1 aliphatic heterocycles. The summed E-state index contributed by atoms with van der Waals surface area (Å²) in [5.74, 6) is -2.48. The molecule has 2 rings (SSSR count). The predicted octanol–water partition coefficient (Wildman–Crippen LogP) is 2.90. The third kappa shape index (κ3) is 2.30. The molecule has 1 atom stereocenters. The lowest BCUT2D eigenvalue weighted by atomic mass is 10.1. The largest absolute Gasteiger partial charge is 0.478 e. The number of hydrogen-bond acceptors (Lipinski definition) is 2. The second-order valence-corrected chi connectivity index (χ2v) is 4.60. The zero-order valence-corrected chi connectivity index (χ0v) is 10.1. The van der Waals surface area contributed by atoms with E-state index in [0.717, 1.165) is 25.0 Å². The van der Waals surface area contributed by atoms with E-state index in [1.165, 1.54) is 0 Å². The lowest BCUT2D eigenvalue weighted by Crippen LogP contribution is -2.22. The van der Waals surface area contributed by atoms with Crippen LogP contribution >= 0.6 is 0 Å². The molecule has 98 valence electrons. The number of carboxylic acids is 1. The first-order chi connectivity index (χ1) is 8.52. The Morgan fingerprint density at radius 1 is 1.44 bits per heavy atom. The number of carboxylic acid groups (broad SMARTS) is 1. The zero-order chi connectivity index (χ0) is 13.3. The smallest absolute Gasteiger partial charge is 0.335 e. The standard InChI is InChI=1S/C13H15F2NO2/c1-2-8-3-4-16(7-8)12-10(14)5-9(13(17)18)6-11(12)15/h5-6,8H,2-4,7H2,1H3,(H,17,18). The minimum Gasteiger partial charge on any atom is -0.478 e. The Morgan fingerprint density at radius 3 is 2.50 bits per heavy atom. The van der Waals surface area contributed by atoms with Crippen LogP contribution in [-0.2, 0) is 0 Å². The number of nitrogens with zero attached hydrogens (tertiary/aromatic N) is 1. The van der Waals surface area contributed by atoms with Crippen LogP contribution in [0.25, 0.3) is 0 Å². The topological polar surface area (TPSA) is 40.5 Å². The first-order valence-electron chi connectivity index (χ1n) is 6.00. The molecule has 1 aromatic rings. The highest BCUT2D eigenvalue weighted by molar-refractivity contribution is 5.88. The second-order valence-electron chi connectivity index (χ2n) is 4.60. The van der Waals surface area contributed by atoms with Gasteiger partial charge in [0.1, 0.15) is 17.3 Å². The summed E-state index contributed by atoms with van der Waals surface area (Å²) in [5.41, 5.74) is -0.462. The van der Waals surface area contributed by atoms with Crippen LogP contribution in [0.4, 0.5) is 14.5 Å². The number of halogens is 2. The molecule has 0 spiro atoms. The van der Waals surface area contributed by atoms with Gasteiger partial charge >= 0.3 is 5.97 Å². The number of rotatable bonds is 3. The summed E-state index contributed by atoms with van der Waals surface area (Å²) in [6, 6.07) is 1.75. The SMILES string of the molecule is CCC1CCN(c2c(F)cc(C(=O)O)cc2F)C1. The highest BCUT2D eigenvalue weighted by atomic mass is 19.1. The number of benzene rings is 1. The van der Waals surface area contributed by atoms with E-state index in [1.54, 1.807) is 4.90 Å². The van der Waals surface area contributed by atoms with Gasteiger partial charge in [0, 0.05) is 13.1 Å². The first kappa shape index (κ1) is 12.8. The summed E-state index contributed by atoms with van der Waals surface area (Å²) in [6.07, 6.45) is 1.89. The molecule has 1 heterocycles. The van der Waals surface area contributed by atoms with Crippen molar-refractivity contribution in [1.82, 2.24) is 0 Å². The second kappa shape index (κ2) is 4.92. The minimum absolute atomic E-state index is 0.101. The van der Waals surface area contributed by atoms with E-state index in [0.29, 0.717) is 19.0 Å². The highest BCUT2D eigenvalue weighted by Crippen LogP contribution is 2.30. The summed E-state index contributed by atoms with van der Waals surface area (Å²) in [7, 11) is 0. The van der Waals surface area contributed by atoms with E-state index in [9.17, 15) is 13.6 Å². The summed E-state index contributed by atoms with van der Waals surface area (Å²) in [6.45, 7) is 3.28. The quantitative estimate of drug-likeness (QED) is 0.902. The van der Waals surface area contributed by atoms with Crippen LogP contribution in [0.2, 0.25) is 0 Å². The molecule has 3 nitrogen and oxygen atoms in total. The van der Waals surface area contributed by atoms with Gasteiger partial charge in [0.25, 0.3) is 0 Å². The summed E-state index contributed by atoms with van der Waals surface area (Å²) in [4.78, 5) is 12.3. The molecular formula is C13H15F2NO2. The van der Waals surface area contributed by atoms with Gasteiger partial charge < -0.3 is 10.0 Å². The van der Waals surface area contributed by atoms with Crippen LogP contribution < -0.4 is 4.90 Å². The van der Waals surface area contributed by atoms with E-state index in [1.807, 2.05) is 0 Å². The fourth-order valence-electron chi connectivity index (χ4n) is 2.36. The van der Waals surface area contributed by atoms with Gasteiger partial charge in [-0.15, -0.1) is 0 Å². The van der Waals surface area contributed by atoms with E-state index < -0.39 is 17.6 Å². The third-order valence-electron chi connectivity index (χ3n) is 3.44. The Kier molecular flexibility index (Phi) is 3.50. The molecule has 0 radical (unpaired) electrons. The van der Waals surface area contributed by atoms with Crippen LogP contribution in [0.1, 0.15) is 30.1 Å². The molecule has 1 N–H and O–H groups in total. The normalized spacial score (nSPS) is 19.3. The molecule has 5 heteroatoms. The fourth-order valence-corrected chi connectivity index (χ4v) is 2.36. The number of aromatic carboxylic acids is 1. The molecule has 1 saturated heterocycles. The van der Waals surface area contributed by atoms with Gasteiger partial charge in [0.2, 0.25) is 0 Å². The van der Waals surface area contributed by atoms with E-state index in [4.69, 9.17) is 5.11 Å². The van der Waals surface area contributed by atoms with Crippen LogP contribution in [-0.4, -0.2) is 24.2 Å². The first-order valence-corrected chi connectivity index (χ1v) is 6.00. The third-order valence-corrected chi connectivity index (χ3v) is 3.44. The van der Waals surface area contributed by atoms with Gasteiger partial charge in [0.15, 0.2) is 0 Å². The average molecular weight is 255 g/mol. The van der Waals surface area contributed by atoms with Crippen LogP contribution in [0.15, 0.2) is 12.1 Å². The molecular weight excluding hydrogens is 240 g/mol. The fraction of sp³-hybridized carbons (Fsp3) is 0.462. The lowest BCUT2D eigenvalue weighted by Gasteiger charge is -2.20. The lowest BCUT2D eigenvalue weighted by molar-refractivity contribution is 0.0696. The molecule has 18 heavy (non-hydrogen) atoms. The van der Waals surface area contributed by atoms with Crippen molar-refractivity contribution in [2.45, 2.75) is 19.8 Å². The monoisotopic (exact) mass is 255 g/mol. The van der Waals surface area contributed by atoms with Gasteiger partial charge in [-0.3, -0.25) is 0 Å². The van der Waals surface area contributed by atoms with Gasteiger partial charge in [-0.25, -0.2) is 13.6 Å². The summed E-state index contributed by atoms with van der Waals surface area (Å²) < 4.78 is 27.6. The van der Waals surface area contributed by atoms with Gasteiger partial charge in [-0.05, 0) is 24.5 Å².